The number of rotatable bonds is 7. The lowest BCUT2D eigenvalue weighted by atomic mass is 9.93. The molecule has 1 aliphatic heterocycles. The molecule has 0 aliphatic carbocycles. The van der Waals surface area contributed by atoms with Gasteiger partial charge in [-0.15, -0.1) is 11.8 Å². The first-order valence-electron chi connectivity index (χ1n) is 7.47. The second-order valence-corrected chi connectivity index (χ2v) is 6.40. The molecule has 1 N–H and O–H groups in total. The summed E-state index contributed by atoms with van der Waals surface area (Å²) in [5.41, 5.74) is 0. The Labute approximate surface area is 125 Å². The largest absolute Gasteiger partial charge is 0.381 e. The first kappa shape index (κ1) is 15.8. The van der Waals surface area contributed by atoms with Gasteiger partial charge >= 0.3 is 0 Å². The summed E-state index contributed by atoms with van der Waals surface area (Å²) in [6.45, 7) is 4.97. The molecule has 1 aliphatic rings. The van der Waals surface area contributed by atoms with Gasteiger partial charge in [-0.1, -0.05) is 6.92 Å². The van der Waals surface area contributed by atoms with Gasteiger partial charge in [-0.05, 0) is 56.0 Å². The van der Waals surface area contributed by atoms with E-state index in [0.29, 0.717) is 6.04 Å². The average molecular weight is 297 g/mol. The van der Waals surface area contributed by atoms with Gasteiger partial charge in [0.05, 0.1) is 0 Å². The monoisotopic (exact) mass is 297 g/mol. The Hall–Kier alpha value is -0.580. The second kappa shape index (κ2) is 8.65. The van der Waals surface area contributed by atoms with Crippen LogP contribution in [0.4, 0.5) is 4.39 Å². The number of ether oxygens (including phenoxy) is 1. The molecule has 112 valence electrons. The molecule has 0 spiro atoms. The molecule has 0 bridgehead atoms. The number of hydrogen-bond donors (Lipinski definition) is 1. The third-order valence-corrected chi connectivity index (χ3v) is 4.89. The van der Waals surface area contributed by atoms with Crippen LogP contribution in [0.5, 0.6) is 0 Å². The van der Waals surface area contributed by atoms with Crippen LogP contribution in [-0.4, -0.2) is 31.6 Å². The summed E-state index contributed by atoms with van der Waals surface area (Å²) in [6, 6.07) is 7.30. The van der Waals surface area contributed by atoms with Crippen LogP contribution in [0.25, 0.3) is 0 Å². The van der Waals surface area contributed by atoms with E-state index in [0.717, 1.165) is 36.3 Å². The summed E-state index contributed by atoms with van der Waals surface area (Å²) in [5, 5.41) is 3.58. The Morgan fingerprint density at radius 3 is 2.65 bits per heavy atom. The molecule has 1 unspecified atom stereocenters. The van der Waals surface area contributed by atoms with Gasteiger partial charge in [0, 0.05) is 29.9 Å². The quantitative estimate of drug-likeness (QED) is 0.775. The molecule has 4 heteroatoms. The number of benzene rings is 1. The van der Waals surface area contributed by atoms with E-state index in [-0.39, 0.29) is 5.82 Å². The molecule has 1 saturated heterocycles. The summed E-state index contributed by atoms with van der Waals surface area (Å²) >= 11 is 1.81. The maximum Gasteiger partial charge on any atom is 0.123 e. The topological polar surface area (TPSA) is 21.3 Å². The van der Waals surface area contributed by atoms with E-state index in [4.69, 9.17) is 4.74 Å². The van der Waals surface area contributed by atoms with Crippen molar-refractivity contribution in [2.24, 2.45) is 5.92 Å². The number of halogens is 1. The Morgan fingerprint density at radius 1 is 1.30 bits per heavy atom. The highest BCUT2D eigenvalue weighted by molar-refractivity contribution is 7.99. The molecule has 20 heavy (non-hydrogen) atoms. The predicted molar refractivity (Wildman–Crippen MR) is 82.7 cm³/mol. The van der Waals surface area contributed by atoms with Crippen LogP contribution in [0.1, 0.15) is 26.2 Å². The molecular weight excluding hydrogens is 273 g/mol. The van der Waals surface area contributed by atoms with E-state index in [1.807, 2.05) is 12.1 Å². The first-order valence-corrected chi connectivity index (χ1v) is 8.46. The maximum atomic E-state index is 12.9. The van der Waals surface area contributed by atoms with Crippen LogP contribution in [-0.2, 0) is 4.74 Å². The van der Waals surface area contributed by atoms with Gasteiger partial charge in [0.15, 0.2) is 0 Å². The van der Waals surface area contributed by atoms with E-state index >= 15 is 0 Å². The molecule has 1 aromatic rings. The van der Waals surface area contributed by atoms with Crippen molar-refractivity contribution < 1.29 is 9.13 Å². The summed E-state index contributed by atoms with van der Waals surface area (Å²) in [6.07, 6.45) is 3.58. The third kappa shape index (κ3) is 5.43. The molecule has 2 rings (SSSR count). The van der Waals surface area contributed by atoms with Crippen molar-refractivity contribution in [3.63, 3.8) is 0 Å². The maximum absolute atomic E-state index is 12.9. The minimum Gasteiger partial charge on any atom is -0.381 e. The zero-order chi connectivity index (χ0) is 14.2. The summed E-state index contributed by atoms with van der Waals surface area (Å²) < 4.78 is 18.3. The Morgan fingerprint density at radius 2 is 2.00 bits per heavy atom. The first-order chi connectivity index (χ1) is 9.78. The van der Waals surface area contributed by atoms with Gasteiger partial charge in [0.1, 0.15) is 5.82 Å². The highest BCUT2D eigenvalue weighted by Gasteiger charge is 2.19. The average Bonchev–Trinajstić information content (AvgIpc) is 2.48. The number of hydrogen-bond acceptors (Lipinski definition) is 3. The van der Waals surface area contributed by atoms with Gasteiger partial charge in [-0.2, -0.15) is 0 Å². The molecule has 0 saturated carbocycles. The fourth-order valence-electron chi connectivity index (χ4n) is 2.61. The highest BCUT2D eigenvalue weighted by Crippen LogP contribution is 2.24. The van der Waals surface area contributed by atoms with E-state index < -0.39 is 0 Å². The van der Waals surface area contributed by atoms with E-state index in [9.17, 15) is 4.39 Å². The van der Waals surface area contributed by atoms with Crippen molar-refractivity contribution in [1.82, 2.24) is 5.32 Å². The smallest absolute Gasteiger partial charge is 0.123 e. The molecule has 1 aromatic carbocycles. The standard InChI is InChI=1S/C16H24FNOS/c1-2-18-15(11-13-7-9-19-10-8-13)12-20-16-5-3-14(17)4-6-16/h3-6,13,15,18H,2,7-12H2,1H3. The lowest BCUT2D eigenvalue weighted by Gasteiger charge is -2.27. The number of nitrogens with one attached hydrogen (secondary N) is 1. The van der Waals surface area contributed by atoms with Crippen LogP contribution in [0, 0.1) is 11.7 Å². The van der Waals surface area contributed by atoms with Crippen molar-refractivity contribution in [2.45, 2.75) is 37.1 Å². The van der Waals surface area contributed by atoms with Gasteiger partial charge in [-0.25, -0.2) is 4.39 Å². The molecule has 1 fully saturated rings. The zero-order valence-electron chi connectivity index (χ0n) is 12.1. The molecule has 1 heterocycles. The van der Waals surface area contributed by atoms with Crippen molar-refractivity contribution in [3.8, 4) is 0 Å². The Balaban J connectivity index is 1.80. The van der Waals surface area contributed by atoms with Crippen molar-refractivity contribution in [1.29, 1.82) is 0 Å². The van der Waals surface area contributed by atoms with Crippen molar-refractivity contribution >= 4 is 11.8 Å². The number of thioether (sulfide) groups is 1. The predicted octanol–water partition coefficient (Wildman–Crippen LogP) is 3.71. The molecule has 0 aromatic heterocycles. The lowest BCUT2D eigenvalue weighted by molar-refractivity contribution is 0.0614. The summed E-state index contributed by atoms with van der Waals surface area (Å²) in [7, 11) is 0. The molecule has 2 nitrogen and oxygen atoms in total. The SMILES string of the molecule is CCNC(CSc1ccc(F)cc1)CC1CCOCC1. The van der Waals surface area contributed by atoms with Gasteiger partial charge < -0.3 is 10.1 Å². The van der Waals surface area contributed by atoms with Gasteiger partial charge in [-0.3, -0.25) is 0 Å². The third-order valence-electron chi connectivity index (χ3n) is 3.72. The van der Waals surface area contributed by atoms with E-state index in [1.54, 1.807) is 11.8 Å². The normalized spacial score (nSPS) is 18.1. The lowest BCUT2D eigenvalue weighted by Crippen LogP contribution is -2.34. The van der Waals surface area contributed by atoms with Crippen LogP contribution in [0.2, 0.25) is 0 Å². The summed E-state index contributed by atoms with van der Waals surface area (Å²) in [4.78, 5) is 1.14. The minimum absolute atomic E-state index is 0.167. The zero-order valence-corrected chi connectivity index (χ0v) is 12.9. The highest BCUT2D eigenvalue weighted by atomic mass is 32.2. The van der Waals surface area contributed by atoms with Crippen LogP contribution < -0.4 is 5.32 Å². The molecular formula is C16H24FNOS. The minimum atomic E-state index is -0.167. The molecule has 1 atom stereocenters. The van der Waals surface area contributed by atoms with Crippen molar-refractivity contribution in [3.05, 3.63) is 30.1 Å². The molecule has 0 radical (unpaired) electrons. The Kier molecular flexibility index (Phi) is 6.83. The van der Waals surface area contributed by atoms with Crippen LogP contribution in [0.15, 0.2) is 29.2 Å². The van der Waals surface area contributed by atoms with E-state index in [2.05, 4.69) is 12.2 Å². The van der Waals surface area contributed by atoms with Gasteiger partial charge in [0.25, 0.3) is 0 Å². The van der Waals surface area contributed by atoms with Crippen LogP contribution in [0.3, 0.4) is 0 Å². The summed E-state index contributed by atoms with van der Waals surface area (Å²) in [5.74, 6) is 1.65. The van der Waals surface area contributed by atoms with Gasteiger partial charge in [0.2, 0.25) is 0 Å². The molecule has 0 amide bonds. The fraction of sp³-hybridized carbons (Fsp3) is 0.625. The van der Waals surface area contributed by atoms with Crippen molar-refractivity contribution in [2.75, 3.05) is 25.5 Å². The van der Waals surface area contributed by atoms with E-state index in [1.165, 1.54) is 31.4 Å². The van der Waals surface area contributed by atoms with Crippen LogP contribution >= 0.6 is 11.8 Å². The second-order valence-electron chi connectivity index (χ2n) is 5.31. The Bertz CT molecular complexity index is 379. The fourth-order valence-corrected chi connectivity index (χ4v) is 3.59.